The summed E-state index contributed by atoms with van der Waals surface area (Å²) in [4.78, 5) is 204. The number of H-pyrrole nitrogens is 1. The average molecular weight is 1540 g/mol. The zero-order valence-electron chi connectivity index (χ0n) is 66.6. The summed E-state index contributed by atoms with van der Waals surface area (Å²) in [5.74, 6) is -16.2. The van der Waals surface area contributed by atoms with Crippen LogP contribution in [0.4, 0.5) is 0 Å². The molecule has 5 rings (SSSR count). The number of carboxylic acid groups (broad SMARTS) is 1. The summed E-state index contributed by atoms with van der Waals surface area (Å²) < 4.78 is 0. The van der Waals surface area contributed by atoms with Crippen LogP contribution in [0.1, 0.15) is 214 Å². The molecule has 1 aliphatic heterocycles. The van der Waals surface area contributed by atoms with Gasteiger partial charge in [-0.2, -0.15) is 0 Å². The number of fused-ring (bicyclic) bond motifs is 1. The molecule has 0 saturated carbocycles. The number of carbonyl (C=O) groups excluding carboxylic acids is 13. The van der Waals surface area contributed by atoms with E-state index in [9.17, 15) is 63.6 Å². The van der Waals surface area contributed by atoms with Gasteiger partial charge in [0.2, 0.25) is 35.4 Å². The number of nitrogens with zero attached hydrogens (tertiary/aromatic N) is 1. The Labute approximate surface area is 652 Å². The first-order valence-corrected chi connectivity index (χ1v) is 39.5. The van der Waals surface area contributed by atoms with Gasteiger partial charge in [0.1, 0.15) is 23.4 Å². The van der Waals surface area contributed by atoms with Crippen molar-refractivity contribution in [1.82, 2.24) is 36.5 Å². The largest absolute Gasteiger partial charge is 0.508 e. The molecule has 1 aromatic heterocycles. The smallest absolute Gasteiger partial charge is 0.303 e. The van der Waals surface area contributed by atoms with Crippen molar-refractivity contribution in [2.24, 2.45) is 52.6 Å². The molecule has 12 N–H and O–H groups in total. The minimum absolute atomic E-state index is 0.0266. The number of nitrogens with one attached hydrogen (secondary N) is 6. The van der Waals surface area contributed by atoms with Gasteiger partial charge in [-0.15, -0.1) is 0 Å². The fraction of sp³-hybridized carbons (Fsp3) is 0.600. The molecular weight excluding hydrogens is 1420 g/mol. The molecule has 1 unspecified atom stereocenters. The minimum Gasteiger partial charge on any atom is -0.508 e. The van der Waals surface area contributed by atoms with Crippen LogP contribution in [0, 0.1) is 46.8 Å². The number of aromatic amines is 1. The van der Waals surface area contributed by atoms with Gasteiger partial charge in [0.05, 0.1) is 53.6 Å². The van der Waals surface area contributed by atoms with Crippen LogP contribution in [0.5, 0.6) is 5.75 Å². The fourth-order valence-corrected chi connectivity index (χ4v) is 14.6. The highest BCUT2D eigenvalue weighted by Gasteiger charge is 2.43. The summed E-state index contributed by atoms with van der Waals surface area (Å²) in [5.41, 5.74) is 4.50. The van der Waals surface area contributed by atoms with Gasteiger partial charge in [-0.1, -0.05) is 133 Å². The zero-order valence-corrected chi connectivity index (χ0v) is 66.6. The van der Waals surface area contributed by atoms with Crippen LogP contribution in [0.25, 0.3) is 10.8 Å². The van der Waals surface area contributed by atoms with Crippen LogP contribution in [-0.4, -0.2) is 175 Å². The number of aromatic hydroxyl groups is 1. The third kappa shape index (κ3) is 31.2. The van der Waals surface area contributed by atoms with Gasteiger partial charge < -0.3 is 67.4 Å². The number of hydrogen-bond donors (Lipinski definition) is 11. The van der Waals surface area contributed by atoms with E-state index in [1.165, 1.54) is 52.0 Å². The van der Waals surface area contributed by atoms with Gasteiger partial charge in [0.15, 0.2) is 28.9 Å². The first-order chi connectivity index (χ1) is 52.4. The Kier molecular flexibility index (Phi) is 37.8. The molecule has 26 nitrogen and oxygen atoms in total. The Balaban J connectivity index is 1.59. The molecule has 4 aromatic rings. The highest BCUT2D eigenvalue weighted by atomic mass is 16.4. The van der Waals surface area contributed by atoms with E-state index in [0.717, 1.165) is 30.0 Å². The number of aliphatic hydroxyl groups is 2. The molecule has 1 fully saturated rings. The molecule has 111 heavy (non-hydrogen) atoms. The standard InChI is InChI=1S/C85H122N8O18/c1-52(2)38-61-43-72(99)55(6)88-79(107)63(42-68-66-29-20-19-27-60(66)49-87-68)45-73(100)70(41-58-30-33-64(97)34-31-58)90-78(106)59(32-35-77(104)105)46-76(103)85(9,36-21-14-12-11-13-15-22-37-93(10)51-84(8,83(86)111)48-75(102)69(39-53(3)4)89-80(61)108)92-81(109)62(40-57-25-17-16-18-26-57)44-74(101)71(50-94)91-82(110)67(56(7)96)47-65(98)28-23-24-54(5)95/h16-20,25-27,29-31,33-34,49,52-53,55-56,59,61-63,67,69-71,87,94,96-97H,11-15,21-24,28,32,35-48,50-51H2,1-10H3,(H2,86,111)(H,88,107)(H,89,108)(H,90,106)(H,91,110)(H,92,109)(H,104,105)/t55-,56?,59+,61+,62+,63+,67-,69-,70-,71-,84-,85+/m0/s1. The Morgan fingerprint density at radius 1 is 0.658 bits per heavy atom. The van der Waals surface area contributed by atoms with Gasteiger partial charge in [-0.25, -0.2) is 0 Å². The summed E-state index contributed by atoms with van der Waals surface area (Å²) >= 11 is 0. The maximum absolute atomic E-state index is 15.6. The number of ketones is 7. The molecule has 2 heterocycles. The van der Waals surface area contributed by atoms with E-state index < -0.39 is 192 Å². The van der Waals surface area contributed by atoms with Gasteiger partial charge in [0.25, 0.3) is 0 Å². The third-order valence-electron chi connectivity index (χ3n) is 21.3. The number of carboxylic acids is 1. The molecule has 1 saturated heterocycles. The van der Waals surface area contributed by atoms with Crippen molar-refractivity contribution in [2.75, 3.05) is 26.7 Å². The highest BCUT2D eigenvalue weighted by molar-refractivity contribution is 6.01. The Morgan fingerprint density at radius 2 is 1.26 bits per heavy atom. The molecule has 0 spiro atoms. The molecule has 6 amide bonds. The van der Waals surface area contributed by atoms with E-state index in [2.05, 4.69) is 31.6 Å². The minimum atomic E-state index is -1.84. The molecule has 0 radical (unpaired) electrons. The number of Topliss-reactive ketones (excluding diaryl/α,β-unsaturated/α-hetero) is 7. The van der Waals surface area contributed by atoms with E-state index in [-0.39, 0.29) is 101 Å². The number of amides is 6. The van der Waals surface area contributed by atoms with Crippen molar-refractivity contribution in [1.29, 1.82) is 0 Å². The lowest BCUT2D eigenvalue weighted by Crippen LogP contribution is -2.56. The van der Waals surface area contributed by atoms with Gasteiger partial charge in [0, 0.05) is 106 Å². The second-order valence-electron chi connectivity index (χ2n) is 32.3. The van der Waals surface area contributed by atoms with Crippen molar-refractivity contribution >= 4 is 92.7 Å². The normalized spacial score (nSPS) is 23.3. The van der Waals surface area contributed by atoms with Gasteiger partial charge >= 0.3 is 5.97 Å². The van der Waals surface area contributed by atoms with Crippen molar-refractivity contribution in [2.45, 2.75) is 252 Å². The zero-order chi connectivity index (χ0) is 82.3. The Bertz CT molecular complexity index is 3820. The number of aliphatic carboxylic acids is 1. The molecule has 0 bridgehead atoms. The number of benzene rings is 3. The topological polar surface area (TPSA) is 425 Å². The Morgan fingerprint density at radius 3 is 1.88 bits per heavy atom. The predicted octanol–water partition coefficient (Wildman–Crippen LogP) is 8.22. The van der Waals surface area contributed by atoms with E-state index in [0.29, 0.717) is 49.0 Å². The average Bonchev–Trinajstić information content (AvgIpc) is 0.902. The highest BCUT2D eigenvalue weighted by Crippen LogP contribution is 2.31. The van der Waals surface area contributed by atoms with Crippen molar-refractivity contribution < 1.29 is 87.5 Å². The lowest BCUT2D eigenvalue weighted by molar-refractivity contribution is -0.140. The van der Waals surface area contributed by atoms with Gasteiger partial charge in [-0.3, -0.25) is 62.3 Å². The number of aromatic nitrogens is 1. The van der Waals surface area contributed by atoms with E-state index in [1.54, 1.807) is 49.5 Å². The number of carbonyl (C=O) groups is 14. The van der Waals surface area contributed by atoms with E-state index >= 15 is 24.0 Å². The fourth-order valence-electron chi connectivity index (χ4n) is 14.6. The second-order valence-corrected chi connectivity index (χ2v) is 32.3. The molecule has 0 aliphatic carbocycles. The van der Waals surface area contributed by atoms with Crippen LogP contribution in [-0.2, 0) is 86.4 Å². The van der Waals surface area contributed by atoms with Crippen LogP contribution in [0.15, 0.2) is 85.1 Å². The lowest BCUT2D eigenvalue weighted by atomic mass is 9.80. The first-order valence-electron chi connectivity index (χ1n) is 39.5. The summed E-state index contributed by atoms with van der Waals surface area (Å²) in [6.07, 6.45) is 1.24. The number of primary amides is 1. The van der Waals surface area contributed by atoms with Gasteiger partial charge in [-0.05, 0) is 140 Å². The lowest BCUT2D eigenvalue weighted by Gasteiger charge is -2.33. The number of aliphatic hydroxyl groups excluding tert-OH is 2. The van der Waals surface area contributed by atoms with Crippen molar-refractivity contribution in [3.63, 3.8) is 0 Å². The quantitative estimate of drug-likeness (QED) is 0.0244. The van der Waals surface area contributed by atoms with Crippen molar-refractivity contribution in [3.8, 4) is 5.75 Å². The molecular formula is C85H122N8O18. The summed E-state index contributed by atoms with van der Waals surface area (Å²) in [6, 6.07) is 16.3. The number of hydrogen-bond acceptors (Lipinski definition) is 18. The number of phenolic OH excluding ortho intramolecular Hbond substituents is 1. The van der Waals surface area contributed by atoms with Crippen LogP contribution >= 0.6 is 0 Å². The van der Waals surface area contributed by atoms with Crippen LogP contribution < -0.4 is 32.3 Å². The maximum atomic E-state index is 15.6. The molecule has 12 atom stereocenters. The van der Waals surface area contributed by atoms with E-state index in [1.807, 2.05) is 57.8 Å². The van der Waals surface area contributed by atoms with Crippen LogP contribution in [0.3, 0.4) is 0 Å². The van der Waals surface area contributed by atoms with Crippen molar-refractivity contribution in [3.05, 3.63) is 102 Å². The molecule has 1 aliphatic rings. The SMILES string of the molecule is CC(=O)CCCC(=O)C[C@H](C(=O)N[C@@H](CO)C(=O)C[C@@H](Cc1ccccc1)C(=O)N[C@]1(C)CCCCCCCCCN(C)C[C@@](C)(C(N)=O)CC(=O)[C@H](CC(C)C)NC(=O)[C@H](CC(C)C)CC(=O)[C@H](C)NC(=O)[C@H](Cc2[nH]cc3ccccc23)CC(=O)[C@H](Cc2ccc(O)cc2)NC(=O)[C@H](CCC(=O)O)CC1=O)C(C)O. The number of phenols is 1. The third-order valence-corrected chi connectivity index (χ3v) is 21.3. The summed E-state index contributed by atoms with van der Waals surface area (Å²) in [7, 11) is 1.83. The maximum Gasteiger partial charge on any atom is 0.303 e. The van der Waals surface area contributed by atoms with Crippen LogP contribution in [0.2, 0.25) is 0 Å². The summed E-state index contributed by atoms with van der Waals surface area (Å²) in [5, 5.41) is 57.3. The Hall–Kier alpha value is -9.14. The summed E-state index contributed by atoms with van der Waals surface area (Å²) in [6.45, 7) is 14.5. The second kappa shape index (κ2) is 45.4. The number of nitrogens with two attached hydrogens (primary N) is 1. The molecule has 610 valence electrons. The monoisotopic (exact) mass is 1540 g/mol. The predicted molar refractivity (Wildman–Crippen MR) is 420 cm³/mol. The first kappa shape index (κ1) is 92.5. The molecule has 26 heteroatoms. The molecule has 3 aromatic carbocycles. The number of rotatable bonds is 29. The van der Waals surface area contributed by atoms with E-state index in [4.69, 9.17) is 5.73 Å².